The normalized spacial score (nSPS) is 17.2. The molecule has 124 valence electrons. The molecule has 1 aliphatic rings. The molecule has 0 aliphatic carbocycles. The average molecular weight is 363 g/mol. The number of carbonyl (C=O) groups is 2. The van der Waals surface area contributed by atoms with Crippen LogP contribution in [-0.4, -0.2) is 18.4 Å². The number of nitrogens with zero attached hydrogens (tertiary/aromatic N) is 1. The standard InChI is InChI=1S/C18H16Cl2N2O2/c1-11-4-2-5-13(8-11)22-10-12(9-16(22)23)18(24)21-15-7-3-6-14(19)17(15)20/h2-8,12H,9-10H2,1H3,(H,21,24). The predicted molar refractivity (Wildman–Crippen MR) is 96.7 cm³/mol. The number of aryl methyl sites for hydroxylation is 1. The number of benzene rings is 2. The van der Waals surface area contributed by atoms with Crippen molar-refractivity contribution in [2.24, 2.45) is 5.92 Å². The topological polar surface area (TPSA) is 49.4 Å². The van der Waals surface area contributed by atoms with Gasteiger partial charge < -0.3 is 10.2 Å². The Morgan fingerprint density at radius 1 is 1.21 bits per heavy atom. The number of hydrogen-bond acceptors (Lipinski definition) is 2. The van der Waals surface area contributed by atoms with Crippen LogP contribution < -0.4 is 10.2 Å². The predicted octanol–water partition coefficient (Wildman–Crippen LogP) is 4.29. The smallest absolute Gasteiger partial charge is 0.229 e. The summed E-state index contributed by atoms with van der Waals surface area (Å²) in [5, 5.41) is 3.43. The fourth-order valence-corrected chi connectivity index (χ4v) is 3.11. The maximum atomic E-state index is 12.5. The Balaban J connectivity index is 1.73. The van der Waals surface area contributed by atoms with Gasteiger partial charge in [0, 0.05) is 18.7 Å². The highest BCUT2D eigenvalue weighted by atomic mass is 35.5. The zero-order valence-corrected chi connectivity index (χ0v) is 14.6. The fraction of sp³-hybridized carbons (Fsp3) is 0.222. The van der Waals surface area contributed by atoms with Gasteiger partial charge in [-0.2, -0.15) is 0 Å². The van der Waals surface area contributed by atoms with Gasteiger partial charge >= 0.3 is 0 Å². The Labute approximate surface area is 150 Å². The molecular formula is C18H16Cl2N2O2. The Bertz CT molecular complexity index is 807. The van der Waals surface area contributed by atoms with Gasteiger partial charge in [0.15, 0.2) is 0 Å². The second-order valence-corrected chi connectivity index (χ2v) is 6.62. The fourth-order valence-electron chi connectivity index (χ4n) is 2.76. The maximum Gasteiger partial charge on any atom is 0.229 e. The summed E-state index contributed by atoms with van der Waals surface area (Å²) in [4.78, 5) is 26.4. The number of rotatable bonds is 3. The molecule has 1 N–H and O–H groups in total. The van der Waals surface area contributed by atoms with Crippen LogP contribution in [0.2, 0.25) is 10.0 Å². The largest absolute Gasteiger partial charge is 0.324 e. The van der Waals surface area contributed by atoms with Crippen LogP contribution in [0.1, 0.15) is 12.0 Å². The molecule has 3 rings (SSSR count). The number of hydrogen-bond donors (Lipinski definition) is 1. The van der Waals surface area contributed by atoms with Gasteiger partial charge in [-0.25, -0.2) is 0 Å². The second-order valence-electron chi connectivity index (χ2n) is 5.84. The molecule has 24 heavy (non-hydrogen) atoms. The summed E-state index contributed by atoms with van der Waals surface area (Å²) in [6.07, 6.45) is 0.179. The van der Waals surface area contributed by atoms with Gasteiger partial charge in [0.25, 0.3) is 0 Å². The molecule has 4 nitrogen and oxygen atoms in total. The lowest BCUT2D eigenvalue weighted by atomic mass is 10.1. The summed E-state index contributed by atoms with van der Waals surface area (Å²) in [7, 11) is 0. The lowest BCUT2D eigenvalue weighted by Crippen LogP contribution is -2.28. The van der Waals surface area contributed by atoms with E-state index < -0.39 is 5.92 Å². The number of carbonyl (C=O) groups excluding carboxylic acids is 2. The Morgan fingerprint density at radius 3 is 2.71 bits per heavy atom. The summed E-state index contributed by atoms with van der Waals surface area (Å²) in [5.41, 5.74) is 2.34. The van der Waals surface area contributed by atoms with Crippen molar-refractivity contribution in [2.75, 3.05) is 16.8 Å². The minimum Gasteiger partial charge on any atom is -0.324 e. The third-order valence-corrected chi connectivity index (χ3v) is 4.84. The summed E-state index contributed by atoms with van der Waals surface area (Å²) in [6.45, 7) is 2.32. The van der Waals surface area contributed by atoms with Gasteiger partial charge in [-0.05, 0) is 36.8 Å². The van der Waals surface area contributed by atoms with E-state index >= 15 is 0 Å². The molecule has 6 heteroatoms. The highest BCUT2D eigenvalue weighted by Crippen LogP contribution is 2.31. The van der Waals surface area contributed by atoms with Crippen LogP contribution in [0.15, 0.2) is 42.5 Å². The highest BCUT2D eigenvalue weighted by molar-refractivity contribution is 6.44. The van der Waals surface area contributed by atoms with Crippen LogP contribution in [0, 0.1) is 12.8 Å². The zero-order chi connectivity index (χ0) is 17.3. The molecule has 0 saturated carbocycles. The van der Waals surface area contributed by atoms with E-state index in [9.17, 15) is 9.59 Å². The third-order valence-electron chi connectivity index (χ3n) is 4.02. The minimum atomic E-state index is -0.423. The van der Waals surface area contributed by atoms with Gasteiger partial charge in [-0.3, -0.25) is 9.59 Å². The van der Waals surface area contributed by atoms with Crippen molar-refractivity contribution in [2.45, 2.75) is 13.3 Å². The van der Waals surface area contributed by atoms with Crippen molar-refractivity contribution in [3.05, 3.63) is 58.1 Å². The van der Waals surface area contributed by atoms with Gasteiger partial charge in [0.05, 0.1) is 21.7 Å². The number of anilines is 2. The van der Waals surface area contributed by atoms with Crippen LogP contribution >= 0.6 is 23.2 Å². The van der Waals surface area contributed by atoms with Crippen LogP contribution in [0.25, 0.3) is 0 Å². The first-order valence-electron chi connectivity index (χ1n) is 7.57. The van der Waals surface area contributed by atoms with Crippen LogP contribution in [0.4, 0.5) is 11.4 Å². The van der Waals surface area contributed by atoms with Gasteiger partial charge in [0.2, 0.25) is 11.8 Å². The molecule has 1 heterocycles. The van der Waals surface area contributed by atoms with Crippen molar-refractivity contribution in [1.82, 2.24) is 0 Å². The molecule has 2 aromatic rings. The zero-order valence-electron chi connectivity index (χ0n) is 13.1. The van der Waals surface area contributed by atoms with Crippen LogP contribution in [-0.2, 0) is 9.59 Å². The van der Waals surface area contributed by atoms with E-state index in [4.69, 9.17) is 23.2 Å². The van der Waals surface area contributed by atoms with Crippen molar-refractivity contribution >= 4 is 46.4 Å². The van der Waals surface area contributed by atoms with Crippen molar-refractivity contribution in [3.63, 3.8) is 0 Å². The summed E-state index contributed by atoms with van der Waals surface area (Å²) >= 11 is 12.0. The first-order chi connectivity index (χ1) is 11.5. The van der Waals surface area contributed by atoms with E-state index in [1.807, 2.05) is 31.2 Å². The van der Waals surface area contributed by atoms with Crippen molar-refractivity contribution in [3.8, 4) is 0 Å². The second kappa shape index (κ2) is 6.83. The molecule has 1 atom stereocenters. The van der Waals surface area contributed by atoms with Crippen molar-refractivity contribution < 1.29 is 9.59 Å². The number of amides is 2. The molecule has 0 bridgehead atoms. The van der Waals surface area contributed by atoms with E-state index in [1.165, 1.54) is 0 Å². The first kappa shape index (κ1) is 16.8. The number of nitrogens with one attached hydrogen (secondary N) is 1. The van der Waals surface area contributed by atoms with Gasteiger partial charge in [-0.15, -0.1) is 0 Å². The molecule has 2 amide bonds. The molecule has 1 unspecified atom stereocenters. The summed E-state index contributed by atoms with van der Waals surface area (Å²) in [6, 6.07) is 12.7. The molecule has 0 aromatic heterocycles. The molecule has 0 radical (unpaired) electrons. The van der Waals surface area contributed by atoms with E-state index in [1.54, 1.807) is 23.1 Å². The van der Waals surface area contributed by atoms with Crippen molar-refractivity contribution in [1.29, 1.82) is 0 Å². The molecule has 1 saturated heterocycles. The summed E-state index contributed by atoms with van der Waals surface area (Å²) in [5.74, 6) is -0.714. The summed E-state index contributed by atoms with van der Waals surface area (Å²) < 4.78 is 0. The Kier molecular flexibility index (Phi) is 4.78. The molecule has 1 fully saturated rings. The van der Waals surface area contributed by atoms with E-state index in [0.717, 1.165) is 11.3 Å². The van der Waals surface area contributed by atoms with Crippen LogP contribution in [0.3, 0.4) is 0 Å². The molecule has 0 spiro atoms. The SMILES string of the molecule is Cc1cccc(N2CC(C(=O)Nc3cccc(Cl)c3Cl)CC2=O)c1. The Hall–Kier alpha value is -2.04. The molecular weight excluding hydrogens is 347 g/mol. The quantitative estimate of drug-likeness (QED) is 0.884. The third kappa shape index (κ3) is 3.40. The molecule has 2 aromatic carbocycles. The number of halogens is 2. The lowest BCUT2D eigenvalue weighted by Gasteiger charge is -2.17. The van der Waals surface area contributed by atoms with E-state index in [0.29, 0.717) is 22.3 Å². The monoisotopic (exact) mass is 362 g/mol. The average Bonchev–Trinajstić information content (AvgIpc) is 2.94. The maximum absolute atomic E-state index is 12.5. The van der Waals surface area contributed by atoms with E-state index in [-0.39, 0.29) is 18.2 Å². The van der Waals surface area contributed by atoms with Crippen LogP contribution in [0.5, 0.6) is 0 Å². The first-order valence-corrected chi connectivity index (χ1v) is 8.33. The van der Waals surface area contributed by atoms with E-state index in [2.05, 4.69) is 5.32 Å². The minimum absolute atomic E-state index is 0.0575. The van der Waals surface area contributed by atoms with Gasteiger partial charge in [-0.1, -0.05) is 41.4 Å². The Morgan fingerprint density at radius 2 is 1.96 bits per heavy atom. The molecule has 1 aliphatic heterocycles. The highest BCUT2D eigenvalue weighted by Gasteiger charge is 2.35. The van der Waals surface area contributed by atoms with Gasteiger partial charge in [0.1, 0.15) is 0 Å². The lowest BCUT2D eigenvalue weighted by molar-refractivity contribution is -0.122.